The highest BCUT2D eigenvalue weighted by molar-refractivity contribution is 5.80. The monoisotopic (exact) mass is 300 g/mol. The molecule has 0 bridgehead atoms. The van der Waals surface area contributed by atoms with Crippen LogP contribution in [0.25, 0.3) is 0 Å². The lowest BCUT2D eigenvalue weighted by Crippen LogP contribution is -2.60. The molecule has 1 fully saturated rings. The molecule has 3 N–H and O–H groups in total. The first kappa shape index (κ1) is 17.8. The van der Waals surface area contributed by atoms with Gasteiger partial charge in [-0.25, -0.2) is 4.79 Å². The minimum atomic E-state index is -1.07. The van der Waals surface area contributed by atoms with Gasteiger partial charge in [-0.05, 0) is 53.4 Å². The largest absolute Gasteiger partial charge is 0.481 e. The lowest BCUT2D eigenvalue weighted by molar-refractivity contribution is -0.150. The van der Waals surface area contributed by atoms with Crippen LogP contribution in [0.2, 0.25) is 0 Å². The summed E-state index contributed by atoms with van der Waals surface area (Å²) >= 11 is 0. The van der Waals surface area contributed by atoms with Crippen LogP contribution in [0.1, 0.15) is 53.4 Å². The number of carbonyl (C=O) groups excluding carboxylic acids is 1. The van der Waals surface area contributed by atoms with Crippen molar-refractivity contribution in [2.45, 2.75) is 65.0 Å². The number of hydrogen-bond acceptors (Lipinski definition) is 3. The summed E-state index contributed by atoms with van der Waals surface area (Å²) in [6, 6.07) is -0.0735. The summed E-state index contributed by atoms with van der Waals surface area (Å²) in [5, 5.41) is 21.1. The Kier molecular flexibility index (Phi) is 5.61. The molecule has 122 valence electrons. The van der Waals surface area contributed by atoms with Crippen molar-refractivity contribution in [2.24, 2.45) is 5.41 Å². The van der Waals surface area contributed by atoms with Crippen molar-refractivity contribution in [3.8, 4) is 0 Å². The number of aliphatic hydroxyl groups excluding tert-OH is 1. The van der Waals surface area contributed by atoms with E-state index in [2.05, 4.69) is 5.32 Å². The molecule has 21 heavy (non-hydrogen) atoms. The van der Waals surface area contributed by atoms with Gasteiger partial charge in [0.2, 0.25) is 0 Å². The number of hydrogen-bond donors (Lipinski definition) is 3. The molecule has 6 nitrogen and oxygen atoms in total. The highest BCUT2D eigenvalue weighted by Gasteiger charge is 2.45. The number of amides is 2. The van der Waals surface area contributed by atoms with Gasteiger partial charge >= 0.3 is 12.0 Å². The zero-order valence-corrected chi connectivity index (χ0v) is 13.5. The Bertz CT molecular complexity index is 393. The van der Waals surface area contributed by atoms with Crippen LogP contribution in [0.4, 0.5) is 4.79 Å². The molecular weight excluding hydrogens is 272 g/mol. The first-order chi connectivity index (χ1) is 9.63. The van der Waals surface area contributed by atoms with Gasteiger partial charge in [-0.1, -0.05) is 0 Å². The average molecular weight is 300 g/mol. The van der Waals surface area contributed by atoms with Crippen molar-refractivity contribution in [1.82, 2.24) is 10.2 Å². The number of nitrogens with one attached hydrogen (secondary N) is 1. The molecular formula is C15H28N2O4. The molecule has 0 aromatic carbocycles. The molecule has 1 heterocycles. The zero-order valence-electron chi connectivity index (χ0n) is 13.5. The van der Waals surface area contributed by atoms with Gasteiger partial charge < -0.3 is 20.4 Å². The highest BCUT2D eigenvalue weighted by atomic mass is 16.4. The molecule has 0 saturated carbocycles. The van der Waals surface area contributed by atoms with E-state index < -0.39 is 16.9 Å². The van der Waals surface area contributed by atoms with E-state index in [0.29, 0.717) is 13.0 Å². The van der Waals surface area contributed by atoms with Gasteiger partial charge in [-0.15, -0.1) is 0 Å². The van der Waals surface area contributed by atoms with Gasteiger partial charge in [-0.3, -0.25) is 4.79 Å². The SMILES string of the molecule is CC(C)(NC(=O)N1CCCC1CCCO)C(C)(C)C(=O)O. The van der Waals surface area contributed by atoms with Crippen molar-refractivity contribution in [2.75, 3.05) is 13.2 Å². The summed E-state index contributed by atoms with van der Waals surface area (Å²) in [6.45, 7) is 7.51. The maximum atomic E-state index is 12.5. The predicted octanol–water partition coefficient (Wildman–Crippen LogP) is 1.82. The topological polar surface area (TPSA) is 89.9 Å². The Balaban J connectivity index is 2.73. The van der Waals surface area contributed by atoms with E-state index in [4.69, 9.17) is 5.11 Å². The molecule has 0 aromatic rings. The summed E-state index contributed by atoms with van der Waals surface area (Å²) in [7, 11) is 0. The second kappa shape index (κ2) is 6.64. The van der Waals surface area contributed by atoms with Crippen molar-refractivity contribution in [3.63, 3.8) is 0 Å². The Hall–Kier alpha value is -1.30. The van der Waals surface area contributed by atoms with Crippen LogP contribution in [0, 0.1) is 5.41 Å². The van der Waals surface area contributed by atoms with Crippen LogP contribution in [0.3, 0.4) is 0 Å². The van der Waals surface area contributed by atoms with Gasteiger partial charge in [0, 0.05) is 19.2 Å². The van der Waals surface area contributed by atoms with E-state index in [1.54, 1.807) is 32.6 Å². The first-order valence-electron chi connectivity index (χ1n) is 7.56. The van der Waals surface area contributed by atoms with Crippen LogP contribution < -0.4 is 5.32 Å². The zero-order chi connectivity index (χ0) is 16.3. The van der Waals surface area contributed by atoms with Crippen LogP contribution >= 0.6 is 0 Å². The van der Waals surface area contributed by atoms with Crippen molar-refractivity contribution in [1.29, 1.82) is 0 Å². The molecule has 2 amide bonds. The summed E-state index contributed by atoms with van der Waals surface area (Å²) in [6.07, 6.45) is 3.35. The molecule has 1 aliphatic heterocycles. The quantitative estimate of drug-likeness (QED) is 0.698. The van der Waals surface area contributed by atoms with Gasteiger partial charge in [0.25, 0.3) is 0 Å². The van der Waals surface area contributed by atoms with Gasteiger partial charge in [0.05, 0.1) is 11.0 Å². The molecule has 1 saturated heterocycles. The van der Waals surface area contributed by atoms with Crippen LogP contribution in [-0.4, -0.2) is 51.8 Å². The molecule has 1 aliphatic rings. The number of aliphatic hydroxyl groups is 1. The second-order valence-corrected chi connectivity index (χ2v) is 6.84. The molecule has 0 aliphatic carbocycles. The van der Waals surface area contributed by atoms with Gasteiger partial charge in [0.1, 0.15) is 0 Å². The van der Waals surface area contributed by atoms with E-state index in [-0.39, 0.29) is 18.7 Å². The van der Waals surface area contributed by atoms with Gasteiger partial charge in [0.15, 0.2) is 0 Å². The third-order valence-electron chi connectivity index (χ3n) is 4.85. The van der Waals surface area contributed by atoms with E-state index >= 15 is 0 Å². The maximum absolute atomic E-state index is 12.5. The summed E-state index contributed by atoms with van der Waals surface area (Å²) in [5.41, 5.74) is -1.93. The smallest absolute Gasteiger partial charge is 0.318 e. The Morgan fingerprint density at radius 2 is 1.90 bits per heavy atom. The third-order valence-corrected chi connectivity index (χ3v) is 4.85. The van der Waals surface area contributed by atoms with E-state index in [0.717, 1.165) is 19.3 Å². The molecule has 1 atom stereocenters. The second-order valence-electron chi connectivity index (χ2n) is 6.84. The van der Waals surface area contributed by atoms with Crippen LogP contribution in [-0.2, 0) is 4.79 Å². The highest BCUT2D eigenvalue weighted by Crippen LogP contribution is 2.31. The van der Waals surface area contributed by atoms with Crippen LogP contribution in [0.15, 0.2) is 0 Å². The third kappa shape index (κ3) is 3.87. The standard InChI is InChI=1S/C15H28N2O4/c1-14(2,12(19)20)15(3,4)16-13(21)17-9-5-7-11(17)8-6-10-18/h11,18H,5-10H2,1-4H3,(H,16,21)(H,19,20). The molecule has 6 heteroatoms. The predicted molar refractivity (Wildman–Crippen MR) is 80.1 cm³/mol. The summed E-state index contributed by atoms with van der Waals surface area (Å²) in [5.74, 6) is -0.939. The number of carboxylic acid groups (broad SMARTS) is 1. The van der Waals surface area contributed by atoms with E-state index in [9.17, 15) is 14.7 Å². The number of nitrogens with zero attached hydrogens (tertiary/aromatic N) is 1. The minimum absolute atomic E-state index is 0.128. The van der Waals surface area contributed by atoms with Crippen molar-refractivity contribution >= 4 is 12.0 Å². The fraction of sp³-hybridized carbons (Fsp3) is 0.867. The maximum Gasteiger partial charge on any atom is 0.318 e. The normalized spacial score (nSPS) is 19.7. The van der Waals surface area contributed by atoms with Crippen molar-refractivity contribution in [3.05, 3.63) is 0 Å². The number of carbonyl (C=O) groups is 2. The molecule has 1 unspecified atom stereocenters. The molecule has 1 rings (SSSR count). The fourth-order valence-corrected chi connectivity index (χ4v) is 2.49. The number of aliphatic carboxylic acids is 1. The number of carboxylic acids is 1. The molecule has 0 spiro atoms. The Labute approximate surface area is 126 Å². The molecule has 0 aromatic heterocycles. The Morgan fingerprint density at radius 1 is 1.29 bits per heavy atom. The van der Waals surface area contributed by atoms with Crippen molar-refractivity contribution < 1.29 is 19.8 Å². The number of urea groups is 1. The van der Waals surface area contributed by atoms with E-state index in [1.807, 2.05) is 0 Å². The lowest BCUT2D eigenvalue weighted by Gasteiger charge is -2.40. The lowest BCUT2D eigenvalue weighted by atomic mass is 9.74. The number of likely N-dealkylation sites (tertiary alicyclic amines) is 1. The van der Waals surface area contributed by atoms with Crippen LogP contribution in [0.5, 0.6) is 0 Å². The summed E-state index contributed by atoms with van der Waals surface area (Å²) in [4.78, 5) is 25.6. The first-order valence-corrected chi connectivity index (χ1v) is 7.56. The van der Waals surface area contributed by atoms with E-state index in [1.165, 1.54) is 0 Å². The van der Waals surface area contributed by atoms with Gasteiger partial charge in [-0.2, -0.15) is 0 Å². The fourth-order valence-electron chi connectivity index (χ4n) is 2.49. The minimum Gasteiger partial charge on any atom is -0.481 e. The summed E-state index contributed by atoms with van der Waals surface area (Å²) < 4.78 is 0. The Morgan fingerprint density at radius 3 is 2.43 bits per heavy atom. The average Bonchev–Trinajstić information content (AvgIpc) is 2.83. The molecule has 0 radical (unpaired) electrons. The number of rotatable bonds is 6.